The van der Waals surface area contributed by atoms with Crippen molar-refractivity contribution in [3.05, 3.63) is 69.1 Å². The van der Waals surface area contributed by atoms with Gasteiger partial charge in [-0.15, -0.1) is 0 Å². The van der Waals surface area contributed by atoms with E-state index in [-0.39, 0.29) is 18.3 Å². The van der Waals surface area contributed by atoms with Crippen molar-refractivity contribution in [3.63, 3.8) is 0 Å². The number of alkyl halides is 3. The summed E-state index contributed by atoms with van der Waals surface area (Å²) in [5, 5.41) is 10.6. The monoisotopic (exact) mass is 442 g/mol. The fourth-order valence-electron chi connectivity index (χ4n) is 2.91. The van der Waals surface area contributed by atoms with Crippen LogP contribution in [0.4, 0.5) is 13.2 Å². The number of aromatic nitrogens is 2. The van der Waals surface area contributed by atoms with Crippen molar-refractivity contribution in [1.29, 1.82) is 0 Å². The molecule has 2 heterocycles. The number of carbonyl (C=O) groups is 1. The van der Waals surface area contributed by atoms with Gasteiger partial charge in [0.25, 0.3) is 5.91 Å². The standard InChI is InChI=1S/C19H18ClF3N4OS/c1-26(2)16(12-7-8-29-11-12)10-24-18(28)15-9-25-27(17(15)19(21,22)23)14-5-3-13(20)4-6-14/h3-9,11,16H,10H2,1-2H3,(H,24,28)/t16-/m0/s1. The predicted octanol–water partition coefficient (Wildman–Crippen LogP) is 4.64. The lowest BCUT2D eigenvalue weighted by molar-refractivity contribution is -0.143. The molecule has 2 aromatic heterocycles. The van der Waals surface area contributed by atoms with Crippen molar-refractivity contribution < 1.29 is 18.0 Å². The molecule has 0 saturated heterocycles. The van der Waals surface area contributed by atoms with Crippen molar-refractivity contribution in [3.8, 4) is 5.69 Å². The smallest absolute Gasteiger partial charge is 0.350 e. The molecule has 5 nitrogen and oxygen atoms in total. The first kappa shape index (κ1) is 21.4. The Morgan fingerprint density at radius 2 is 1.97 bits per heavy atom. The van der Waals surface area contributed by atoms with Crippen molar-refractivity contribution in [2.45, 2.75) is 12.2 Å². The van der Waals surface area contributed by atoms with Crippen molar-refractivity contribution in [1.82, 2.24) is 20.0 Å². The number of hydrogen-bond acceptors (Lipinski definition) is 4. The molecular formula is C19H18ClF3N4OS. The number of rotatable bonds is 6. The maximum atomic E-state index is 13.7. The summed E-state index contributed by atoms with van der Waals surface area (Å²) in [5.41, 5.74) is -0.525. The number of nitrogens with zero attached hydrogens (tertiary/aromatic N) is 3. The Morgan fingerprint density at radius 3 is 2.52 bits per heavy atom. The maximum Gasteiger partial charge on any atom is 0.434 e. The average Bonchev–Trinajstić information content (AvgIpc) is 3.31. The molecule has 3 rings (SSSR count). The van der Waals surface area contributed by atoms with Gasteiger partial charge in [-0.1, -0.05) is 11.6 Å². The van der Waals surface area contributed by atoms with E-state index in [9.17, 15) is 18.0 Å². The van der Waals surface area contributed by atoms with Crippen LogP contribution in [0.2, 0.25) is 5.02 Å². The van der Waals surface area contributed by atoms with Gasteiger partial charge >= 0.3 is 6.18 Å². The van der Waals surface area contributed by atoms with Crippen LogP contribution in [0.25, 0.3) is 5.69 Å². The summed E-state index contributed by atoms with van der Waals surface area (Å²) in [6.45, 7) is 0.159. The van der Waals surface area contributed by atoms with E-state index in [1.165, 1.54) is 35.6 Å². The van der Waals surface area contributed by atoms with E-state index in [1.807, 2.05) is 35.8 Å². The Bertz CT molecular complexity index is 969. The zero-order chi connectivity index (χ0) is 21.2. The summed E-state index contributed by atoms with van der Waals surface area (Å²) in [7, 11) is 3.68. The topological polar surface area (TPSA) is 50.2 Å². The molecular weight excluding hydrogens is 425 g/mol. The molecule has 0 bridgehead atoms. The zero-order valence-electron chi connectivity index (χ0n) is 15.6. The average molecular weight is 443 g/mol. The number of halogens is 4. The largest absolute Gasteiger partial charge is 0.434 e. The Hall–Kier alpha value is -2.36. The number of nitrogens with one attached hydrogen (secondary N) is 1. The SMILES string of the molecule is CN(C)[C@@H](CNC(=O)c1cnn(-c2ccc(Cl)cc2)c1C(F)(F)F)c1ccsc1. The van der Waals surface area contributed by atoms with Gasteiger partial charge < -0.3 is 10.2 Å². The molecule has 154 valence electrons. The summed E-state index contributed by atoms with van der Waals surface area (Å²) in [6.07, 6.45) is -3.83. The molecule has 0 aliphatic heterocycles. The Balaban J connectivity index is 1.88. The van der Waals surface area contributed by atoms with Gasteiger partial charge in [0.2, 0.25) is 0 Å². The molecule has 10 heteroatoms. The van der Waals surface area contributed by atoms with E-state index in [1.54, 1.807) is 0 Å². The molecule has 0 radical (unpaired) electrons. The van der Waals surface area contributed by atoms with Gasteiger partial charge in [-0.3, -0.25) is 4.79 Å². The second-order valence-corrected chi connectivity index (χ2v) is 7.76. The zero-order valence-corrected chi connectivity index (χ0v) is 17.1. The summed E-state index contributed by atoms with van der Waals surface area (Å²) in [6, 6.07) is 7.49. The summed E-state index contributed by atoms with van der Waals surface area (Å²) < 4.78 is 41.9. The van der Waals surface area contributed by atoms with Crippen LogP contribution in [-0.4, -0.2) is 41.2 Å². The molecule has 3 aromatic rings. The first-order valence-corrected chi connectivity index (χ1v) is 9.88. The van der Waals surface area contributed by atoms with Gasteiger partial charge in [0, 0.05) is 11.6 Å². The highest BCUT2D eigenvalue weighted by atomic mass is 35.5. The van der Waals surface area contributed by atoms with Gasteiger partial charge in [0.15, 0.2) is 5.69 Å². The van der Waals surface area contributed by atoms with E-state index in [4.69, 9.17) is 11.6 Å². The van der Waals surface area contributed by atoms with Gasteiger partial charge in [-0.25, -0.2) is 4.68 Å². The predicted molar refractivity (Wildman–Crippen MR) is 107 cm³/mol. The number of thiophene rings is 1. The maximum absolute atomic E-state index is 13.7. The van der Waals surface area contributed by atoms with Gasteiger partial charge in [0.05, 0.1) is 23.5 Å². The van der Waals surface area contributed by atoms with Gasteiger partial charge in [-0.2, -0.15) is 29.6 Å². The van der Waals surface area contributed by atoms with Crippen molar-refractivity contribution >= 4 is 28.8 Å². The number of carbonyl (C=O) groups excluding carboxylic acids is 1. The number of amides is 1. The third-order valence-electron chi connectivity index (χ3n) is 4.36. The first-order chi connectivity index (χ1) is 13.7. The number of hydrogen-bond donors (Lipinski definition) is 1. The van der Waals surface area contributed by atoms with Gasteiger partial charge in [0.1, 0.15) is 0 Å². The van der Waals surface area contributed by atoms with Gasteiger partial charge in [-0.05, 0) is 60.8 Å². The third-order valence-corrected chi connectivity index (χ3v) is 5.31. The second-order valence-electron chi connectivity index (χ2n) is 6.54. The number of benzene rings is 1. The van der Waals surface area contributed by atoms with Crippen LogP contribution in [0, 0.1) is 0 Å². The fourth-order valence-corrected chi connectivity index (χ4v) is 3.75. The normalized spacial score (nSPS) is 12.9. The van der Waals surface area contributed by atoms with E-state index in [0.717, 1.165) is 11.8 Å². The van der Waals surface area contributed by atoms with Crippen molar-refractivity contribution in [2.24, 2.45) is 0 Å². The highest BCUT2D eigenvalue weighted by molar-refractivity contribution is 7.08. The van der Waals surface area contributed by atoms with E-state index < -0.39 is 23.3 Å². The fraction of sp³-hybridized carbons (Fsp3) is 0.263. The highest BCUT2D eigenvalue weighted by Gasteiger charge is 2.40. The Labute approximate surface area is 174 Å². The molecule has 1 atom stereocenters. The van der Waals surface area contributed by atoms with Crippen LogP contribution in [0.3, 0.4) is 0 Å². The van der Waals surface area contributed by atoms with E-state index in [0.29, 0.717) is 9.70 Å². The highest BCUT2D eigenvalue weighted by Crippen LogP contribution is 2.34. The van der Waals surface area contributed by atoms with Crippen LogP contribution in [-0.2, 0) is 6.18 Å². The minimum atomic E-state index is -4.77. The molecule has 1 amide bonds. The Kier molecular flexibility index (Phi) is 6.30. The number of likely N-dealkylation sites (N-methyl/N-ethyl adjacent to an activating group) is 1. The van der Waals surface area contributed by atoms with Crippen LogP contribution in [0.5, 0.6) is 0 Å². The molecule has 1 N–H and O–H groups in total. The van der Waals surface area contributed by atoms with Crippen LogP contribution in [0.1, 0.15) is 27.7 Å². The summed E-state index contributed by atoms with van der Waals surface area (Å²) >= 11 is 7.32. The lowest BCUT2D eigenvalue weighted by Crippen LogP contribution is -2.35. The molecule has 29 heavy (non-hydrogen) atoms. The van der Waals surface area contributed by atoms with E-state index >= 15 is 0 Å². The van der Waals surface area contributed by atoms with Crippen LogP contribution < -0.4 is 5.32 Å². The molecule has 0 fully saturated rings. The summed E-state index contributed by atoms with van der Waals surface area (Å²) in [4.78, 5) is 14.5. The molecule has 0 saturated carbocycles. The third kappa shape index (κ3) is 4.80. The minimum absolute atomic E-state index is 0.158. The Morgan fingerprint density at radius 1 is 1.28 bits per heavy atom. The molecule has 0 spiro atoms. The molecule has 1 aromatic carbocycles. The van der Waals surface area contributed by atoms with Crippen molar-refractivity contribution in [2.75, 3.05) is 20.6 Å². The lowest BCUT2D eigenvalue weighted by atomic mass is 10.1. The molecule has 0 aliphatic rings. The first-order valence-electron chi connectivity index (χ1n) is 8.56. The van der Waals surface area contributed by atoms with Crippen LogP contribution >= 0.6 is 22.9 Å². The minimum Gasteiger partial charge on any atom is -0.350 e. The van der Waals surface area contributed by atoms with E-state index in [2.05, 4.69) is 10.4 Å². The molecule has 0 aliphatic carbocycles. The second kappa shape index (κ2) is 8.56. The van der Waals surface area contributed by atoms with Crippen LogP contribution in [0.15, 0.2) is 47.3 Å². The summed E-state index contributed by atoms with van der Waals surface area (Å²) in [5.74, 6) is -0.834. The lowest BCUT2D eigenvalue weighted by Gasteiger charge is -2.24. The quantitative estimate of drug-likeness (QED) is 0.605. The molecule has 0 unspecified atom stereocenters.